The Balaban J connectivity index is 1.50. The predicted molar refractivity (Wildman–Crippen MR) is 106 cm³/mol. The molecule has 3 heterocycles. The van der Waals surface area contributed by atoms with Crippen molar-refractivity contribution >= 4 is 45.6 Å². The molecule has 0 aliphatic carbocycles. The van der Waals surface area contributed by atoms with Crippen molar-refractivity contribution in [3.05, 3.63) is 62.5 Å². The highest BCUT2D eigenvalue weighted by atomic mass is 32.1. The lowest BCUT2D eigenvalue weighted by Crippen LogP contribution is -2.38. The average Bonchev–Trinajstić information content (AvgIpc) is 3.26. The Bertz CT molecular complexity index is 1130. The number of hydrogen-bond donors (Lipinski definition) is 2. The monoisotopic (exact) mass is 400 g/mol. The van der Waals surface area contributed by atoms with E-state index in [1.807, 2.05) is 30.3 Å². The number of thiophene rings is 1. The number of H-pyrrole nitrogens is 1. The van der Waals surface area contributed by atoms with E-state index in [2.05, 4.69) is 10.4 Å². The third-order valence-corrected chi connectivity index (χ3v) is 5.72. The lowest BCUT2D eigenvalue weighted by atomic mass is 10.1. The molecule has 2 N–H and O–H groups in total. The topological polar surface area (TPSA) is 87.2 Å². The number of aromatic amines is 1. The van der Waals surface area contributed by atoms with E-state index in [1.165, 1.54) is 11.3 Å². The number of nitrogens with one attached hydrogen (secondary N) is 2. The minimum absolute atomic E-state index is 0.0785. The van der Waals surface area contributed by atoms with Crippen molar-refractivity contribution in [3.63, 3.8) is 0 Å². The largest absolute Gasteiger partial charge is 0.338 e. The van der Waals surface area contributed by atoms with Gasteiger partial charge in [0.25, 0.3) is 5.56 Å². The lowest BCUT2D eigenvalue weighted by molar-refractivity contribution is -0.128. The van der Waals surface area contributed by atoms with Crippen LogP contribution in [0.4, 0.5) is 0 Å². The van der Waals surface area contributed by atoms with Crippen LogP contribution in [0.1, 0.15) is 12.0 Å². The number of aromatic nitrogens is 2. The summed E-state index contributed by atoms with van der Waals surface area (Å²) in [5.41, 5.74) is 3.84. The highest BCUT2D eigenvalue weighted by Gasteiger charge is 2.34. The van der Waals surface area contributed by atoms with Crippen LogP contribution in [0.15, 0.2) is 46.6 Å². The summed E-state index contributed by atoms with van der Waals surface area (Å²) in [6.07, 6.45) is 0.116. The van der Waals surface area contributed by atoms with Crippen LogP contribution < -0.4 is 11.0 Å². The van der Waals surface area contributed by atoms with E-state index in [0.717, 1.165) is 10.2 Å². The number of carbonyl (C=O) groups excluding carboxylic acids is 2. The van der Waals surface area contributed by atoms with E-state index in [-0.39, 0.29) is 22.7 Å². The molecule has 1 aromatic carbocycles. The molecule has 3 aromatic rings. The molecule has 1 fully saturated rings. The lowest BCUT2D eigenvalue weighted by Gasteiger charge is -2.17. The summed E-state index contributed by atoms with van der Waals surface area (Å²) in [5.74, 6) is -0.997. The Morgan fingerprint density at radius 3 is 2.81 bits per heavy atom. The summed E-state index contributed by atoms with van der Waals surface area (Å²) < 4.78 is 1.64. The van der Waals surface area contributed by atoms with Crippen LogP contribution >= 0.6 is 23.6 Å². The van der Waals surface area contributed by atoms with Crippen molar-refractivity contribution in [2.75, 3.05) is 12.0 Å². The smallest absolute Gasteiger partial charge is 0.291 e. The van der Waals surface area contributed by atoms with Gasteiger partial charge in [0.15, 0.2) is 4.77 Å². The molecule has 4 rings (SSSR count). The molecule has 0 spiro atoms. The second kappa shape index (κ2) is 7.09. The van der Waals surface area contributed by atoms with Gasteiger partial charge in [-0.15, -0.1) is 11.3 Å². The van der Waals surface area contributed by atoms with Gasteiger partial charge in [0.2, 0.25) is 11.8 Å². The van der Waals surface area contributed by atoms with Crippen molar-refractivity contribution in [2.24, 2.45) is 5.92 Å². The third kappa shape index (κ3) is 3.43. The average molecular weight is 400 g/mol. The first-order valence-electron chi connectivity index (χ1n) is 8.38. The number of benzene rings is 1. The highest BCUT2D eigenvalue weighted by molar-refractivity contribution is 7.71. The molecule has 7 nitrogen and oxygen atoms in total. The van der Waals surface area contributed by atoms with E-state index >= 15 is 0 Å². The molecule has 2 amide bonds. The summed E-state index contributed by atoms with van der Waals surface area (Å²) >= 11 is 6.45. The van der Waals surface area contributed by atoms with Gasteiger partial charge in [-0.25, -0.2) is 0 Å². The summed E-state index contributed by atoms with van der Waals surface area (Å²) in [7, 11) is 0. The quantitative estimate of drug-likeness (QED) is 0.658. The minimum Gasteiger partial charge on any atom is -0.338 e. The molecular formula is C18H16N4O3S2. The van der Waals surface area contributed by atoms with Crippen LogP contribution in [-0.2, 0) is 16.1 Å². The standard InChI is InChI=1S/C18H16N4O3S2/c23-14-8-12(10-21(14)9-11-4-2-1-3-5-11)16(24)20-22-17(25)15-13(6-7-27-15)19-18(22)26/h1-7,12H,8-10H2,(H,19,26)(H,20,24). The molecule has 0 radical (unpaired) electrons. The van der Waals surface area contributed by atoms with Crippen LogP contribution in [0.25, 0.3) is 10.2 Å². The number of rotatable bonds is 4. The number of fused-ring (bicyclic) bond motifs is 1. The maximum absolute atomic E-state index is 12.6. The van der Waals surface area contributed by atoms with Crippen LogP contribution in [-0.4, -0.2) is 32.9 Å². The number of hydrogen-bond acceptors (Lipinski definition) is 5. The van der Waals surface area contributed by atoms with E-state index in [4.69, 9.17) is 12.2 Å². The van der Waals surface area contributed by atoms with E-state index in [1.54, 1.807) is 16.3 Å². The fourth-order valence-electron chi connectivity index (χ4n) is 3.15. The van der Waals surface area contributed by atoms with Gasteiger partial charge in [0.1, 0.15) is 4.70 Å². The number of nitrogens with zero attached hydrogens (tertiary/aromatic N) is 2. The number of likely N-dealkylation sites (tertiary alicyclic amines) is 1. The fraction of sp³-hybridized carbons (Fsp3) is 0.222. The molecule has 1 saturated heterocycles. The molecule has 2 aromatic heterocycles. The zero-order valence-corrected chi connectivity index (χ0v) is 15.8. The molecule has 1 atom stereocenters. The SMILES string of the molecule is O=C(Nn1c(=S)[nH]c2ccsc2c1=O)C1CC(=O)N(Cc2ccccc2)C1. The Kier molecular flexibility index (Phi) is 4.63. The van der Waals surface area contributed by atoms with Gasteiger partial charge >= 0.3 is 0 Å². The molecule has 27 heavy (non-hydrogen) atoms. The van der Waals surface area contributed by atoms with Crippen molar-refractivity contribution in [1.29, 1.82) is 0 Å². The molecule has 1 aliphatic rings. The van der Waals surface area contributed by atoms with Gasteiger partial charge < -0.3 is 9.88 Å². The second-order valence-corrected chi connectivity index (χ2v) is 7.67. The Morgan fingerprint density at radius 1 is 1.26 bits per heavy atom. The van der Waals surface area contributed by atoms with Gasteiger partial charge in [0, 0.05) is 19.5 Å². The third-order valence-electron chi connectivity index (χ3n) is 4.53. The zero-order valence-electron chi connectivity index (χ0n) is 14.2. The first kappa shape index (κ1) is 17.6. The van der Waals surface area contributed by atoms with Crippen LogP contribution in [0.5, 0.6) is 0 Å². The summed E-state index contributed by atoms with van der Waals surface area (Å²) in [4.78, 5) is 42.0. The Labute approximate surface area is 163 Å². The van der Waals surface area contributed by atoms with Crippen LogP contribution in [0.3, 0.4) is 0 Å². The maximum atomic E-state index is 12.6. The molecule has 1 aliphatic heterocycles. The fourth-order valence-corrected chi connectivity index (χ4v) is 4.16. The normalized spacial score (nSPS) is 16.8. The molecule has 9 heteroatoms. The molecule has 138 valence electrons. The van der Waals surface area contributed by atoms with Gasteiger partial charge in [-0.3, -0.25) is 19.8 Å². The summed E-state index contributed by atoms with van der Waals surface area (Å²) in [6, 6.07) is 11.4. The van der Waals surface area contributed by atoms with Crippen molar-refractivity contribution in [2.45, 2.75) is 13.0 Å². The summed E-state index contributed by atoms with van der Waals surface area (Å²) in [6.45, 7) is 0.774. The number of carbonyl (C=O) groups is 2. The maximum Gasteiger partial charge on any atom is 0.291 e. The Morgan fingerprint density at radius 2 is 2.04 bits per heavy atom. The second-order valence-electron chi connectivity index (χ2n) is 6.37. The van der Waals surface area contributed by atoms with Crippen LogP contribution in [0, 0.1) is 10.7 Å². The van der Waals surface area contributed by atoms with E-state index < -0.39 is 11.8 Å². The first-order chi connectivity index (χ1) is 13.0. The zero-order chi connectivity index (χ0) is 19.0. The molecule has 1 unspecified atom stereocenters. The van der Waals surface area contributed by atoms with Gasteiger partial charge in [-0.05, 0) is 29.2 Å². The van der Waals surface area contributed by atoms with Crippen molar-refractivity contribution < 1.29 is 9.59 Å². The van der Waals surface area contributed by atoms with E-state index in [9.17, 15) is 14.4 Å². The molecule has 0 saturated carbocycles. The number of amides is 2. The first-order valence-corrected chi connectivity index (χ1v) is 9.67. The summed E-state index contributed by atoms with van der Waals surface area (Å²) in [5, 5.41) is 1.78. The molecule has 0 bridgehead atoms. The predicted octanol–water partition coefficient (Wildman–Crippen LogP) is 2.24. The van der Waals surface area contributed by atoms with Gasteiger partial charge in [0.05, 0.1) is 11.4 Å². The minimum atomic E-state index is -0.526. The van der Waals surface area contributed by atoms with Gasteiger partial charge in [-0.2, -0.15) is 4.68 Å². The Hall–Kier alpha value is -2.78. The van der Waals surface area contributed by atoms with Crippen molar-refractivity contribution in [1.82, 2.24) is 14.6 Å². The van der Waals surface area contributed by atoms with E-state index in [0.29, 0.717) is 23.3 Å². The molecular weight excluding hydrogens is 384 g/mol. The highest BCUT2D eigenvalue weighted by Crippen LogP contribution is 2.21. The van der Waals surface area contributed by atoms with Crippen molar-refractivity contribution in [3.8, 4) is 0 Å². The van der Waals surface area contributed by atoms with Crippen LogP contribution in [0.2, 0.25) is 0 Å². The van der Waals surface area contributed by atoms with Gasteiger partial charge in [-0.1, -0.05) is 30.3 Å².